The zero-order valence-corrected chi connectivity index (χ0v) is 13.3. The van der Waals surface area contributed by atoms with Gasteiger partial charge in [-0.25, -0.2) is 9.37 Å². The molecule has 6 heteroatoms. The molecule has 0 atom stereocenters. The molecule has 0 aliphatic rings. The normalized spacial score (nSPS) is 11.2. The van der Waals surface area contributed by atoms with E-state index in [0.717, 1.165) is 5.56 Å². The van der Waals surface area contributed by atoms with Gasteiger partial charge in [0.25, 0.3) is 0 Å². The highest BCUT2D eigenvalue weighted by molar-refractivity contribution is 5.79. The number of rotatable bonds is 6. The minimum Gasteiger partial charge on any atom is -0.478 e. The van der Waals surface area contributed by atoms with Crippen LogP contribution in [0, 0.1) is 5.82 Å². The fraction of sp³-hybridized carbons (Fsp3) is 0.294. The van der Waals surface area contributed by atoms with Crippen molar-refractivity contribution in [3.63, 3.8) is 0 Å². The van der Waals surface area contributed by atoms with Crippen LogP contribution in [0.4, 0.5) is 4.39 Å². The molecular weight excluding hydrogens is 295 g/mol. The van der Waals surface area contributed by atoms with E-state index in [1.165, 1.54) is 6.07 Å². The van der Waals surface area contributed by atoms with E-state index in [1.807, 2.05) is 19.1 Å². The Bertz CT molecular complexity index is 661. The van der Waals surface area contributed by atoms with Crippen molar-refractivity contribution in [3.8, 4) is 5.88 Å². The van der Waals surface area contributed by atoms with Gasteiger partial charge >= 0.3 is 0 Å². The summed E-state index contributed by atoms with van der Waals surface area (Å²) in [7, 11) is 1.67. The lowest BCUT2D eigenvalue weighted by atomic mass is 10.2. The maximum Gasteiger partial charge on any atom is 0.218 e. The standard InChI is InChI=1S/C17H21FN4O/c1-3-23-16-14(8-6-10-20-16)12-22-17(19-2)21-11-13-7-4-5-9-15(13)18/h4-10H,3,11-12H2,1-2H3,(H2,19,21,22). The molecule has 5 nitrogen and oxygen atoms in total. The first-order valence-corrected chi connectivity index (χ1v) is 7.49. The van der Waals surface area contributed by atoms with Crippen LogP contribution in [0.25, 0.3) is 0 Å². The quantitative estimate of drug-likeness (QED) is 0.635. The third kappa shape index (κ3) is 4.95. The van der Waals surface area contributed by atoms with Gasteiger partial charge in [-0.05, 0) is 19.1 Å². The second kappa shape index (κ2) is 8.73. The lowest BCUT2D eigenvalue weighted by Crippen LogP contribution is -2.36. The summed E-state index contributed by atoms with van der Waals surface area (Å²) in [5.41, 5.74) is 1.52. The van der Waals surface area contributed by atoms with E-state index in [9.17, 15) is 4.39 Å². The number of nitrogens with one attached hydrogen (secondary N) is 2. The van der Waals surface area contributed by atoms with Crippen LogP contribution in [-0.2, 0) is 13.1 Å². The number of pyridine rings is 1. The Morgan fingerprint density at radius 1 is 1.13 bits per heavy atom. The number of hydrogen-bond donors (Lipinski definition) is 2. The molecule has 0 aliphatic heterocycles. The van der Waals surface area contributed by atoms with E-state index in [2.05, 4.69) is 20.6 Å². The topological polar surface area (TPSA) is 58.5 Å². The van der Waals surface area contributed by atoms with Crippen LogP contribution in [-0.4, -0.2) is 24.6 Å². The van der Waals surface area contributed by atoms with Gasteiger partial charge in [-0.15, -0.1) is 0 Å². The van der Waals surface area contributed by atoms with Gasteiger partial charge in [-0.1, -0.05) is 24.3 Å². The maximum absolute atomic E-state index is 13.6. The van der Waals surface area contributed by atoms with Gasteiger partial charge in [0.15, 0.2) is 5.96 Å². The Labute approximate surface area is 135 Å². The van der Waals surface area contributed by atoms with Gasteiger partial charge in [-0.3, -0.25) is 4.99 Å². The third-order valence-electron chi connectivity index (χ3n) is 3.21. The molecule has 0 aliphatic carbocycles. The van der Waals surface area contributed by atoms with E-state index >= 15 is 0 Å². The Balaban J connectivity index is 1.92. The highest BCUT2D eigenvalue weighted by Gasteiger charge is 2.06. The van der Waals surface area contributed by atoms with Crippen LogP contribution in [0.2, 0.25) is 0 Å². The van der Waals surface area contributed by atoms with Crippen molar-refractivity contribution in [2.75, 3.05) is 13.7 Å². The first kappa shape index (κ1) is 16.7. The van der Waals surface area contributed by atoms with Gasteiger partial charge in [0.1, 0.15) is 5.82 Å². The highest BCUT2D eigenvalue weighted by Crippen LogP contribution is 2.13. The predicted octanol–water partition coefficient (Wildman–Crippen LogP) is 2.48. The monoisotopic (exact) mass is 316 g/mol. The van der Waals surface area contributed by atoms with Gasteiger partial charge in [0.05, 0.1) is 6.61 Å². The molecule has 0 radical (unpaired) electrons. The average molecular weight is 316 g/mol. The predicted molar refractivity (Wildman–Crippen MR) is 88.8 cm³/mol. The van der Waals surface area contributed by atoms with Gasteiger partial charge in [0.2, 0.25) is 5.88 Å². The number of guanidine groups is 1. The zero-order chi connectivity index (χ0) is 16.5. The number of nitrogens with zero attached hydrogens (tertiary/aromatic N) is 2. The van der Waals surface area contributed by atoms with E-state index in [0.29, 0.717) is 37.1 Å². The Morgan fingerprint density at radius 2 is 1.83 bits per heavy atom. The van der Waals surface area contributed by atoms with Crippen LogP contribution in [0.15, 0.2) is 47.6 Å². The van der Waals surface area contributed by atoms with E-state index < -0.39 is 0 Å². The van der Waals surface area contributed by atoms with Crippen molar-refractivity contribution >= 4 is 5.96 Å². The van der Waals surface area contributed by atoms with Crippen molar-refractivity contribution in [2.45, 2.75) is 20.0 Å². The van der Waals surface area contributed by atoms with Crippen LogP contribution in [0.3, 0.4) is 0 Å². The lowest BCUT2D eigenvalue weighted by Gasteiger charge is -2.14. The minimum atomic E-state index is -0.235. The summed E-state index contributed by atoms with van der Waals surface area (Å²) in [6.07, 6.45) is 1.69. The zero-order valence-electron chi connectivity index (χ0n) is 13.3. The summed E-state index contributed by atoms with van der Waals surface area (Å²) in [6, 6.07) is 10.5. The van der Waals surface area contributed by atoms with Gasteiger partial charge in [0, 0.05) is 37.5 Å². The number of ether oxygens (including phenoxy) is 1. The van der Waals surface area contributed by atoms with Crippen molar-refractivity contribution in [1.82, 2.24) is 15.6 Å². The number of aromatic nitrogens is 1. The summed E-state index contributed by atoms with van der Waals surface area (Å²) < 4.78 is 19.1. The molecule has 2 N–H and O–H groups in total. The van der Waals surface area contributed by atoms with Crippen molar-refractivity contribution in [1.29, 1.82) is 0 Å². The van der Waals surface area contributed by atoms with Crippen molar-refractivity contribution in [3.05, 3.63) is 59.5 Å². The fourth-order valence-electron chi connectivity index (χ4n) is 2.05. The molecule has 1 aromatic carbocycles. The smallest absolute Gasteiger partial charge is 0.218 e. The largest absolute Gasteiger partial charge is 0.478 e. The van der Waals surface area contributed by atoms with E-state index in [-0.39, 0.29) is 5.82 Å². The second-order valence-electron chi connectivity index (χ2n) is 4.77. The van der Waals surface area contributed by atoms with Gasteiger partial charge in [-0.2, -0.15) is 0 Å². The number of halogens is 1. The lowest BCUT2D eigenvalue weighted by molar-refractivity contribution is 0.322. The molecule has 0 fully saturated rings. The Hall–Kier alpha value is -2.63. The second-order valence-corrected chi connectivity index (χ2v) is 4.77. The molecule has 0 spiro atoms. The molecule has 2 rings (SSSR count). The SMILES string of the molecule is CCOc1ncccc1CNC(=NC)NCc1ccccc1F. The summed E-state index contributed by atoms with van der Waals surface area (Å²) in [4.78, 5) is 8.34. The van der Waals surface area contributed by atoms with Gasteiger partial charge < -0.3 is 15.4 Å². The molecule has 0 bridgehead atoms. The summed E-state index contributed by atoms with van der Waals surface area (Å²) in [5, 5.41) is 6.26. The minimum absolute atomic E-state index is 0.235. The fourth-order valence-corrected chi connectivity index (χ4v) is 2.05. The van der Waals surface area contributed by atoms with Crippen molar-refractivity contribution < 1.29 is 9.13 Å². The molecule has 122 valence electrons. The summed E-state index contributed by atoms with van der Waals surface area (Å²) in [5.74, 6) is 0.952. The molecule has 0 unspecified atom stereocenters. The highest BCUT2D eigenvalue weighted by atomic mass is 19.1. The first-order valence-electron chi connectivity index (χ1n) is 7.49. The molecule has 0 saturated heterocycles. The molecule has 0 saturated carbocycles. The number of hydrogen-bond acceptors (Lipinski definition) is 3. The summed E-state index contributed by atoms with van der Waals surface area (Å²) in [6.45, 7) is 3.35. The van der Waals surface area contributed by atoms with Crippen LogP contribution >= 0.6 is 0 Å². The van der Waals surface area contributed by atoms with E-state index in [4.69, 9.17) is 4.74 Å². The number of benzene rings is 1. The average Bonchev–Trinajstić information content (AvgIpc) is 2.58. The van der Waals surface area contributed by atoms with Crippen LogP contribution in [0.1, 0.15) is 18.1 Å². The molecule has 2 aromatic rings. The molecular formula is C17H21FN4O. The summed E-state index contributed by atoms with van der Waals surface area (Å²) >= 11 is 0. The first-order chi connectivity index (χ1) is 11.2. The maximum atomic E-state index is 13.6. The molecule has 0 amide bonds. The van der Waals surface area contributed by atoms with Crippen molar-refractivity contribution in [2.24, 2.45) is 4.99 Å². The Morgan fingerprint density at radius 3 is 2.52 bits per heavy atom. The third-order valence-corrected chi connectivity index (χ3v) is 3.21. The molecule has 1 aromatic heterocycles. The Kier molecular flexibility index (Phi) is 6.35. The van der Waals surface area contributed by atoms with E-state index in [1.54, 1.807) is 31.4 Å². The van der Waals surface area contributed by atoms with Crippen LogP contribution < -0.4 is 15.4 Å². The number of aliphatic imine (C=N–C) groups is 1. The molecule has 1 heterocycles. The molecule has 23 heavy (non-hydrogen) atoms. The van der Waals surface area contributed by atoms with Crippen LogP contribution in [0.5, 0.6) is 5.88 Å².